The summed E-state index contributed by atoms with van der Waals surface area (Å²) in [6, 6.07) is 4.34. The fraction of sp³-hybridized carbons (Fsp3) is 0.474. The molecule has 1 aromatic carbocycles. The van der Waals surface area contributed by atoms with Crippen LogP contribution in [0.4, 0.5) is 14.5 Å². The van der Waals surface area contributed by atoms with Gasteiger partial charge in [0.05, 0.1) is 19.2 Å². The number of nitrogens with one attached hydrogen (secondary N) is 1. The summed E-state index contributed by atoms with van der Waals surface area (Å²) in [4.78, 5) is 12.4. The standard InChI is InChI=1S/C19H25F2N3O3/c1-11(2)10-24-13(4)15(12(3)23-24)9-18(25)22-14-6-7-16(26-5)17(8-14)27-19(20)21/h6-8,11,19H,9-10H2,1-5H3,(H,22,25). The Morgan fingerprint density at radius 2 is 1.96 bits per heavy atom. The zero-order valence-electron chi connectivity index (χ0n) is 16.2. The molecule has 8 heteroatoms. The highest BCUT2D eigenvalue weighted by molar-refractivity contribution is 5.92. The number of amides is 1. The average molecular weight is 381 g/mol. The van der Waals surface area contributed by atoms with Crippen molar-refractivity contribution in [3.63, 3.8) is 0 Å². The van der Waals surface area contributed by atoms with E-state index >= 15 is 0 Å². The Morgan fingerprint density at radius 3 is 2.56 bits per heavy atom. The third-order valence-corrected chi connectivity index (χ3v) is 4.07. The molecule has 0 radical (unpaired) electrons. The second kappa shape index (κ2) is 8.83. The molecule has 0 aliphatic heterocycles. The molecule has 1 heterocycles. The summed E-state index contributed by atoms with van der Waals surface area (Å²) >= 11 is 0. The predicted octanol–water partition coefficient (Wildman–Crippen LogP) is 3.95. The molecule has 0 aliphatic carbocycles. The first-order chi connectivity index (χ1) is 12.7. The SMILES string of the molecule is COc1ccc(NC(=O)Cc2c(C)nn(CC(C)C)c2C)cc1OC(F)F. The molecule has 148 valence electrons. The Labute approximate surface area is 157 Å². The van der Waals surface area contributed by atoms with Gasteiger partial charge in [0.15, 0.2) is 11.5 Å². The third kappa shape index (κ3) is 5.42. The van der Waals surface area contributed by atoms with E-state index in [1.54, 1.807) is 6.07 Å². The molecule has 27 heavy (non-hydrogen) atoms. The zero-order valence-corrected chi connectivity index (χ0v) is 16.2. The molecule has 1 N–H and O–H groups in total. The second-order valence-corrected chi connectivity index (χ2v) is 6.69. The Hall–Kier alpha value is -2.64. The largest absolute Gasteiger partial charge is 0.493 e. The van der Waals surface area contributed by atoms with Gasteiger partial charge in [0.2, 0.25) is 5.91 Å². The number of carbonyl (C=O) groups is 1. The first kappa shape index (κ1) is 20.7. The number of hydrogen-bond acceptors (Lipinski definition) is 4. The van der Waals surface area contributed by atoms with Crippen LogP contribution in [0.2, 0.25) is 0 Å². The van der Waals surface area contributed by atoms with E-state index in [1.807, 2.05) is 18.5 Å². The lowest BCUT2D eigenvalue weighted by molar-refractivity contribution is -0.115. The van der Waals surface area contributed by atoms with Gasteiger partial charge in [0.25, 0.3) is 0 Å². The lowest BCUT2D eigenvalue weighted by Gasteiger charge is -2.12. The van der Waals surface area contributed by atoms with Crippen molar-refractivity contribution in [1.82, 2.24) is 9.78 Å². The summed E-state index contributed by atoms with van der Waals surface area (Å²) in [6.45, 7) is 5.81. The summed E-state index contributed by atoms with van der Waals surface area (Å²) in [5.41, 5.74) is 2.97. The molecule has 0 fully saturated rings. The number of methoxy groups -OCH3 is 1. The topological polar surface area (TPSA) is 65.4 Å². The highest BCUT2D eigenvalue weighted by Gasteiger charge is 2.17. The molecule has 2 rings (SSSR count). The highest BCUT2D eigenvalue weighted by Crippen LogP contribution is 2.31. The molecule has 1 amide bonds. The van der Waals surface area contributed by atoms with E-state index in [1.165, 1.54) is 19.2 Å². The van der Waals surface area contributed by atoms with Crippen molar-refractivity contribution in [2.75, 3.05) is 12.4 Å². The highest BCUT2D eigenvalue weighted by atomic mass is 19.3. The van der Waals surface area contributed by atoms with Crippen molar-refractivity contribution in [2.24, 2.45) is 5.92 Å². The van der Waals surface area contributed by atoms with Crippen molar-refractivity contribution in [3.8, 4) is 11.5 Å². The lowest BCUT2D eigenvalue weighted by atomic mass is 10.1. The number of rotatable bonds is 8. The summed E-state index contributed by atoms with van der Waals surface area (Å²) in [5, 5.41) is 7.20. The van der Waals surface area contributed by atoms with E-state index in [0.29, 0.717) is 11.6 Å². The second-order valence-electron chi connectivity index (χ2n) is 6.69. The zero-order chi connectivity index (χ0) is 20.1. The molecule has 0 spiro atoms. The average Bonchev–Trinajstić information content (AvgIpc) is 2.81. The quantitative estimate of drug-likeness (QED) is 0.752. The molecular formula is C19H25F2N3O3. The van der Waals surface area contributed by atoms with Gasteiger partial charge >= 0.3 is 6.61 Å². The summed E-state index contributed by atoms with van der Waals surface area (Å²) in [6.07, 6.45) is 0.146. The van der Waals surface area contributed by atoms with Gasteiger partial charge in [-0.2, -0.15) is 13.9 Å². The van der Waals surface area contributed by atoms with Crippen LogP contribution in [0.25, 0.3) is 0 Å². The summed E-state index contributed by atoms with van der Waals surface area (Å²) in [7, 11) is 1.35. The number of ether oxygens (including phenoxy) is 2. The van der Waals surface area contributed by atoms with Crippen LogP contribution < -0.4 is 14.8 Å². The van der Waals surface area contributed by atoms with Gasteiger partial charge in [-0.3, -0.25) is 9.48 Å². The minimum Gasteiger partial charge on any atom is -0.493 e. The molecule has 2 aromatic rings. The van der Waals surface area contributed by atoms with Gasteiger partial charge < -0.3 is 14.8 Å². The number of aromatic nitrogens is 2. The number of aryl methyl sites for hydroxylation is 1. The molecule has 0 aliphatic rings. The molecule has 0 unspecified atom stereocenters. The molecule has 1 aromatic heterocycles. The van der Waals surface area contributed by atoms with Gasteiger partial charge in [-0.1, -0.05) is 13.8 Å². The number of carbonyl (C=O) groups excluding carboxylic acids is 1. The van der Waals surface area contributed by atoms with E-state index in [9.17, 15) is 13.6 Å². The third-order valence-electron chi connectivity index (χ3n) is 4.07. The van der Waals surface area contributed by atoms with Crippen molar-refractivity contribution < 1.29 is 23.0 Å². The van der Waals surface area contributed by atoms with E-state index in [2.05, 4.69) is 29.0 Å². The van der Waals surface area contributed by atoms with Crippen LogP contribution in [0.3, 0.4) is 0 Å². The molecule has 0 atom stereocenters. The van der Waals surface area contributed by atoms with Crippen LogP contribution in [0, 0.1) is 19.8 Å². The first-order valence-electron chi connectivity index (χ1n) is 8.66. The fourth-order valence-electron chi connectivity index (χ4n) is 2.82. The van der Waals surface area contributed by atoms with Crippen molar-refractivity contribution in [1.29, 1.82) is 0 Å². The van der Waals surface area contributed by atoms with Gasteiger partial charge in [0.1, 0.15) is 0 Å². The van der Waals surface area contributed by atoms with E-state index in [0.717, 1.165) is 23.5 Å². The monoisotopic (exact) mass is 381 g/mol. The van der Waals surface area contributed by atoms with E-state index in [4.69, 9.17) is 4.74 Å². The van der Waals surface area contributed by atoms with Gasteiger partial charge in [0, 0.05) is 29.6 Å². The normalized spacial score (nSPS) is 11.1. The van der Waals surface area contributed by atoms with Crippen LogP contribution >= 0.6 is 0 Å². The Kier molecular flexibility index (Phi) is 6.76. The molecular weight excluding hydrogens is 356 g/mol. The van der Waals surface area contributed by atoms with E-state index in [-0.39, 0.29) is 23.8 Å². The number of anilines is 1. The van der Waals surface area contributed by atoms with Gasteiger partial charge in [-0.05, 0) is 31.9 Å². The van der Waals surface area contributed by atoms with Crippen LogP contribution in [0.15, 0.2) is 18.2 Å². The minimum atomic E-state index is -2.98. The van der Waals surface area contributed by atoms with Crippen molar-refractivity contribution in [3.05, 3.63) is 35.2 Å². The predicted molar refractivity (Wildman–Crippen MR) is 98.5 cm³/mol. The minimum absolute atomic E-state index is 0.137. The van der Waals surface area contributed by atoms with Crippen LogP contribution in [0.5, 0.6) is 11.5 Å². The molecule has 0 saturated heterocycles. The van der Waals surface area contributed by atoms with E-state index < -0.39 is 6.61 Å². The maximum Gasteiger partial charge on any atom is 0.387 e. The van der Waals surface area contributed by atoms with Crippen molar-refractivity contribution >= 4 is 11.6 Å². The number of hydrogen-bond donors (Lipinski definition) is 1. The number of alkyl halides is 2. The first-order valence-corrected chi connectivity index (χ1v) is 8.66. The number of nitrogens with zero attached hydrogens (tertiary/aromatic N) is 2. The summed E-state index contributed by atoms with van der Waals surface area (Å²) < 4.78 is 36.4. The Balaban J connectivity index is 2.13. The number of halogens is 2. The molecule has 0 saturated carbocycles. The van der Waals surface area contributed by atoms with Crippen molar-refractivity contribution in [2.45, 2.75) is 47.3 Å². The Bertz CT molecular complexity index is 804. The van der Waals surface area contributed by atoms with Crippen LogP contribution in [-0.4, -0.2) is 29.4 Å². The maximum atomic E-state index is 12.5. The number of benzene rings is 1. The van der Waals surface area contributed by atoms with Crippen LogP contribution in [-0.2, 0) is 17.8 Å². The molecule has 0 bridgehead atoms. The lowest BCUT2D eigenvalue weighted by Crippen LogP contribution is -2.16. The maximum absolute atomic E-state index is 12.5. The summed E-state index contributed by atoms with van der Waals surface area (Å²) in [5.74, 6) is 0.202. The van der Waals surface area contributed by atoms with Crippen LogP contribution in [0.1, 0.15) is 30.8 Å². The van der Waals surface area contributed by atoms with Gasteiger partial charge in [-0.25, -0.2) is 0 Å². The van der Waals surface area contributed by atoms with Gasteiger partial charge in [-0.15, -0.1) is 0 Å². The Morgan fingerprint density at radius 1 is 1.26 bits per heavy atom. The smallest absolute Gasteiger partial charge is 0.387 e. The fourth-order valence-corrected chi connectivity index (χ4v) is 2.82. The molecule has 6 nitrogen and oxygen atoms in total.